The van der Waals surface area contributed by atoms with Gasteiger partial charge in [0.2, 0.25) is 0 Å². The van der Waals surface area contributed by atoms with Gasteiger partial charge in [0.15, 0.2) is 0 Å². The summed E-state index contributed by atoms with van der Waals surface area (Å²) >= 11 is 0. The highest BCUT2D eigenvalue weighted by Gasteiger charge is 2.16. The van der Waals surface area contributed by atoms with Crippen LogP contribution < -0.4 is 14.8 Å². The zero-order chi connectivity index (χ0) is 18.5. The van der Waals surface area contributed by atoms with Crippen molar-refractivity contribution in [2.24, 2.45) is 0 Å². The fourth-order valence-electron chi connectivity index (χ4n) is 2.83. The maximum absolute atomic E-state index is 12.6. The first-order valence-electron chi connectivity index (χ1n) is 8.38. The number of amides is 1. The quantitative estimate of drug-likeness (QED) is 0.731. The largest absolute Gasteiger partial charge is 0.497 e. The molecule has 0 radical (unpaired) electrons. The highest BCUT2D eigenvalue weighted by atomic mass is 16.5. The zero-order valence-electron chi connectivity index (χ0n) is 15.1. The Morgan fingerprint density at radius 1 is 1.00 bits per heavy atom. The average Bonchev–Trinajstić information content (AvgIpc) is 3.22. The van der Waals surface area contributed by atoms with Crippen molar-refractivity contribution in [3.63, 3.8) is 0 Å². The van der Waals surface area contributed by atoms with Crippen molar-refractivity contribution < 1.29 is 14.3 Å². The molecule has 5 heteroatoms. The van der Waals surface area contributed by atoms with Crippen LogP contribution in [0, 0.1) is 0 Å². The van der Waals surface area contributed by atoms with Crippen molar-refractivity contribution >= 4 is 5.91 Å². The smallest absolute Gasteiger partial charge is 0.251 e. The average molecular weight is 350 g/mol. The SMILES string of the molecule is COc1ccc(OC)c(C(C)NC(=O)c2ccc(-n3cccc3)cc2)c1. The van der Waals surface area contributed by atoms with E-state index in [4.69, 9.17) is 9.47 Å². The van der Waals surface area contributed by atoms with Crippen molar-refractivity contribution in [2.75, 3.05) is 14.2 Å². The fourth-order valence-corrected chi connectivity index (χ4v) is 2.83. The van der Waals surface area contributed by atoms with Gasteiger partial charge >= 0.3 is 0 Å². The van der Waals surface area contributed by atoms with E-state index in [0.717, 1.165) is 17.0 Å². The van der Waals surface area contributed by atoms with Crippen LogP contribution in [0.2, 0.25) is 0 Å². The number of aromatic nitrogens is 1. The second-order valence-electron chi connectivity index (χ2n) is 5.94. The van der Waals surface area contributed by atoms with Gasteiger partial charge in [0.25, 0.3) is 5.91 Å². The lowest BCUT2D eigenvalue weighted by Crippen LogP contribution is -2.27. The van der Waals surface area contributed by atoms with Gasteiger partial charge in [0.05, 0.1) is 20.3 Å². The fraction of sp³-hybridized carbons (Fsp3) is 0.190. The first-order chi connectivity index (χ1) is 12.6. The summed E-state index contributed by atoms with van der Waals surface area (Å²) in [6.45, 7) is 1.92. The van der Waals surface area contributed by atoms with E-state index >= 15 is 0 Å². The van der Waals surface area contributed by atoms with E-state index in [1.165, 1.54) is 0 Å². The van der Waals surface area contributed by atoms with Crippen molar-refractivity contribution in [2.45, 2.75) is 13.0 Å². The number of hydrogen-bond acceptors (Lipinski definition) is 3. The number of ether oxygens (including phenoxy) is 2. The summed E-state index contributed by atoms with van der Waals surface area (Å²) in [4.78, 5) is 12.6. The minimum Gasteiger partial charge on any atom is -0.497 e. The maximum atomic E-state index is 12.6. The van der Waals surface area contributed by atoms with E-state index in [2.05, 4.69) is 5.32 Å². The molecule has 1 heterocycles. The molecular weight excluding hydrogens is 328 g/mol. The third-order valence-corrected chi connectivity index (χ3v) is 4.28. The van der Waals surface area contributed by atoms with E-state index in [1.54, 1.807) is 14.2 Å². The summed E-state index contributed by atoms with van der Waals surface area (Å²) in [6.07, 6.45) is 3.93. The van der Waals surface area contributed by atoms with E-state index in [9.17, 15) is 4.79 Å². The first kappa shape index (κ1) is 17.6. The summed E-state index contributed by atoms with van der Waals surface area (Å²) in [5, 5.41) is 3.01. The van der Waals surface area contributed by atoms with Gasteiger partial charge in [-0.3, -0.25) is 4.79 Å². The summed E-state index contributed by atoms with van der Waals surface area (Å²) in [5.41, 5.74) is 2.48. The van der Waals surface area contributed by atoms with Crippen LogP contribution in [0.4, 0.5) is 0 Å². The van der Waals surface area contributed by atoms with Crippen LogP contribution in [0.25, 0.3) is 5.69 Å². The number of methoxy groups -OCH3 is 2. The predicted octanol–water partition coefficient (Wildman–Crippen LogP) is 3.99. The molecule has 0 aliphatic rings. The molecular formula is C21H22N2O3. The van der Waals surface area contributed by atoms with Gasteiger partial charge in [-0.1, -0.05) is 0 Å². The number of carbonyl (C=O) groups excluding carboxylic acids is 1. The molecule has 1 aromatic heterocycles. The van der Waals surface area contributed by atoms with Crippen LogP contribution in [0.5, 0.6) is 11.5 Å². The van der Waals surface area contributed by atoms with Crippen molar-refractivity contribution in [3.05, 3.63) is 78.1 Å². The zero-order valence-corrected chi connectivity index (χ0v) is 15.1. The highest BCUT2D eigenvalue weighted by molar-refractivity contribution is 5.94. The molecule has 1 unspecified atom stereocenters. The monoisotopic (exact) mass is 350 g/mol. The Balaban J connectivity index is 1.75. The van der Waals surface area contributed by atoms with E-state index in [0.29, 0.717) is 11.3 Å². The van der Waals surface area contributed by atoms with Gasteiger partial charge in [0.1, 0.15) is 11.5 Å². The lowest BCUT2D eigenvalue weighted by atomic mass is 10.1. The molecule has 0 aliphatic carbocycles. The summed E-state index contributed by atoms with van der Waals surface area (Å²) in [5.74, 6) is 1.29. The van der Waals surface area contributed by atoms with E-state index < -0.39 is 0 Å². The predicted molar refractivity (Wildman–Crippen MR) is 101 cm³/mol. The van der Waals surface area contributed by atoms with Gasteiger partial charge in [0, 0.05) is 29.2 Å². The van der Waals surface area contributed by atoms with Gasteiger partial charge in [-0.15, -0.1) is 0 Å². The second kappa shape index (κ2) is 7.78. The third-order valence-electron chi connectivity index (χ3n) is 4.28. The van der Waals surface area contributed by atoms with E-state index in [-0.39, 0.29) is 11.9 Å². The number of rotatable bonds is 6. The van der Waals surface area contributed by atoms with Gasteiger partial charge in [-0.2, -0.15) is 0 Å². The van der Waals surface area contributed by atoms with Gasteiger partial charge < -0.3 is 19.4 Å². The minimum absolute atomic E-state index is 0.138. The molecule has 3 aromatic rings. The van der Waals surface area contributed by atoms with Crippen LogP contribution in [-0.4, -0.2) is 24.7 Å². The minimum atomic E-state index is -0.225. The molecule has 1 atom stereocenters. The van der Waals surface area contributed by atoms with Crippen molar-refractivity contribution in [1.82, 2.24) is 9.88 Å². The summed E-state index contributed by atoms with van der Waals surface area (Å²) in [6, 6.07) is 16.7. The number of carbonyl (C=O) groups is 1. The molecule has 0 fully saturated rings. The Morgan fingerprint density at radius 2 is 1.69 bits per heavy atom. The standard InChI is InChI=1S/C21H22N2O3/c1-15(19-14-18(25-2)10-11-20(19)26-3)22-21(24)16-6-8-17(9-7-16)23-12-4-5-13-23/h4-15H,1-3H3,(H,22,24). The number of nitrogens with zero attached hydrogens (tertiary/aromatic N) is 1. The molecule has 2 aromatic carbocycles. The topological polar surface area (TPSA) is 52.5 Å². The molecule has 134 valence electrons. The highest BCUT2D eigenvalue weighted by Crippen LogP contribution is 2.29. The lowest BCUT2D eigenvalue weighted by Gasteiger charge is -2.18. The molecule has 3 rings (SSSR count). The molecule has 1 N–H and O–H groups in total. The second-order valence-corrected chi connectivity index (χ2v) is 5.94. The molecule has 5 nitrogen and oxygen atoms in total. The van der Waals surface area contributed by atoms with Crippen LogP contribution >= 0.6 is 0 Å². The first-order valence-corrected chi connectivity index (χ1v) is 8.38. The Morgan fingerprint density at radius 3 is 2.31 bits per heavy atom. The number of benzene rings is 2. The molecule has 0 spiro atoms. The lowest BCUT2D eigenvalue weighted by molar-refractivity contribution is 0.0939. The molecule has 0 saturated carbocycles. The normalized spacial score (nSPS) is 11.7. The molecule has 0 aliphatic heterocycles. The number of hydrogen-bond donors (Lipinski definition) is 1. The van der Waals surface area contributed by atoms with Gasteiger partial charge in [-0.05, 0) is 61.5 Å². The summed E-state index contributed by atoms with van der Waals surface area (Å²) in [7, 11) is 3.22. The van der Waals surface area contributed by atoms with Crippen LogP contribution in [0.3, 0.4) is 0 Å². The number of nitrogens with one attached hydrogen (secondary N) is 1. The Bertz CT molecular complexity index is 871. The van der Waals surface area contributed by atoms with Crippen LogP contribution in [-0.2, 0) is 0 Å². The maximum Gasteiger partial charge on any atom is 0.251 e. The Kier molecular flexibility index (Phi) is 5.27. The molecule has 1 amide bonds. The van der Waals surface area contributed by atoms with Crippen LogP contribution in [0.15, 0.2) is 67.0 Å². The third kappa shape index (κ3) is 3.72. The van der Waals surface area contributed by atoms with Crippen molar-refractivity contribution in [3.8, 4) is 17.2 Å². The van der Waals surface area contributed by atoms with E-state index in [1.807, 2.05) is 78.5 Å². The molecule has 0 bridgehead atoms. The van der Waals surface area contributed by atoms with Crippen molar-refractivity contribution in [1.29, 1.82) is 0 Å². The van der Waals surface area contributed by atoms with Gasteiger partial charge in [-0.25, -0.2) is 0 Å². The molecule has 26 heavy (non-hydrogen) atoms. The Labute approximate surface area is 153 Å². The molecule has 0 saturated heterocycles. The van der Waals surface area contributed by atoms with Crippen LogP contribution in [0.1, 0.15) is 28.9 Å². The Hall–Kier alpha value is -3.21. The summed E-state index contributed by atoms with van der Waals surface area (Å²) < 4.78 is 12.7.